The summed E-state index contributed by atoms with van der Waals surface area (Å²) < 4.78 is 4.64. The Morgan fingerprint density at radius 1 is 1.50 bits per heavy atom. The molecule has 0 radical (unpaired) electrons. The van der Waals surface area contributed by atoms with Crippen LogP contribution in [0.3, 0.4) is 0 Å². The third-order valence-electron chi connectivity index (χ3n) is 3.14. The van der Waals surface area contributed by atoms with Gasteiger partial charge >= 0.3 is 5.97 Å². The van der Waals surface area contributed by atoms with Crippen molar-refractivity contribution in [1.29, 1.82) is 0 Å². The molecule has 0 N–H and O–H groups in total. The van der Waals surface area contributed by atoms with Gasteiger partial charge in [0, 0.05) is 17.8 Å². The number of hydrogen-bond acceptors (Lipinski definition) is 5. The first-order chi connectivity index (χ1) is 9.51. The lowest BCUT2D eigenvalue weighted by Crippen LogP contribution is -2.33. The van der Waals surface area contributed by atoms with E-state index in [4.69, 9.17) is 0 Å². The van der Waals surface area contributed by atoms with Crippen LogP contribution in [0.15, 0.2) is 5.38 Å². The van der Waals surface area contributed by atoms with Gasteiger partial charge in [0.05, 0.1) is 13.7 Å². The molecule has 2 rings (SSSR count). The number of rotatable bonds is 6. The average molecular weight is 296 g/mol. The monoisotopic (exact) mass is 296 g/mol. The second-order valence-corrected chi connectivity index (χ2v) is 6.41. The van der Waals surface area contributed by atoms with E-state index in [0.717, 1.165) is 17.8 Å². The minimum absolute atomic E-state index is 0.178. The van der Waals surface area contributed by atoms with Gasteiger partial charge in [-0.3, -0.25) is 4.79 Å². The van der Waals surface area contributed by atoms with Crippen molar-refractivity contribution in [2.24, 2.45) is 5.92 Å². The first kappa shape index (κ1) is 15.0. The van der Waals surface area contributed by atoms with E-state index in [1.165, 1.54) is 18.4 Å². The van der Waals surface area contributed by atoms with Crippen LogP contribution in [0, 0.1) is 5.92 Å². The molecule has 110 valence electrons. The smallest absolute Gasteiger partial charge is 0.357 e. The number of esters is 1. The molecule has 1 fully saturated rings. The van der Waals surface area contributed by atoms with Crippen molar-refractivity contribution in [3.05, 3.63) is 16.1 Å². The van der Waals surface area contributed by atoms with E-state index < -0.39 is 5.97 Å². The molecule has 0 spiro atoms. The molecule has 1 saturated carbocycles. The Morgan fingerprint density at radius 3 is 2.75 bits per heavy atom. The van der Waals surface area contributed by atoms with Crippen molar-refractivity contribution < 1.29 is 14.3 Å². The van der Waals surface area contributed by atoms with Crippen LogP contribution < -0.4 is 0 Å². The fraction of sp³-hybridized carbons (Fsp3) is 0.643. The summed E-state index contributed by atoms with van der Waals surface area (Å²) in [6, 6.07) is 0.353. The lowest BCUT2D eigenvalue weighted by Gasteiger charge is -2.22. The molecule has 1 amide bonds. The Morgan fingerprint density at radius 2 is 2.20 bits per heavy atom. The highest BCUT2D eigenvalue weighted by Crippen LogP contribution is 2.30. The van der Waals surface area contributed by atoms with Crippen molar-refractivity contribution in [2.75, 3.05) is 7.11 Å². The molecule has 20 heavy (non-hydrogen) atoms. The van der Waals surface area contributed by atoms with Gasteiger partial charge in [-0.15, -0.1) is 11.3 Å². The standard InChI is InChI=1S/C14H20N2O3S/c1-9(2)6-13(17)16(10-4-5-10)7-12-15-11(8-20-12)14(18)19-3/h8-10H,4-7H2,1-3H3. The Balaban J connectivity index is 2.03. The first-order valence-electron chi connectivity index (χ1n) is 6.83. The van der Waals surface area contributed by atoms with Gasteiger partial charge in [-0.05, 0) is 18.8 Å². The van der Waals surface area contributed by atoms with Gasteiger partial charge in [-0.1, -0.05) is 13.8 Å². The van der Waals surface area contributed by atoms with E-state index in [9.17, 15) is 9.59 Å². The lowest BCUT2D eigenvalue weighted by atomic mass is 10.1. The van der Waals surface area contributed by atoms with Crippen LogP contribution in [0.5, 0.6) is 0 Å². The Bertz CT molecular complexity index is 494. The third kappa shape index (κ3) is 3.79. The van der Waals surface area contributed by atoms with Gasteiger partial charge in [-0.2, -0.15) is 0 Å². The summed E-state index contributed by atoms with van der Waals surface area (Å²) in [6.45, 7) is 4.58. The van der Waals surface area contributed by atoms with Crippen LogP contribution in [-0.2, 0) is 16.1 Å². The van der Waals surface area contributed by atoms with Gasteiger partial charge in [-0.25, -0.2) is 9.78 Å². The maximum absolute atomic E-state index is 12.2. The largest absolute Gasteiger partial charge is 0.464 e. The minimum Gasteiger partial charge on any atom is -0.464 e. The summed E-state index contributed by atoms with van der Waals surface area (Å²) in [6.07, 6.45) is 2.70. The van der Waals surface area contributed by atoms with E-state index >= 15 is 0 Å². The molecule has 0 atom stereocenters. The van der Waals surface area contributed by atoms with Crippen LogP contribution in [0.2, 0.25) is 0 Å². The highest BCUT2D eigenvalue weighted by molar-refractivity contribution is 7.09. The Hall–Kier alpha value is -1.43. The van der Waals surface area contributed by atoms with Crippen molar-refractivity contribution >= 4 is 23.2 Å². The number of amides is 1. The normalized spacial score (nSPS) is 14.4. The molecule has 1 aromatic heterocycles. The SMILES string of the molecule is COC(=O)c1csc(CN(C(=O)CC(C)C)C2CC2)n1. The second-order valence-electron chi connectivity index (χ2n) is 5.47. The molecular formula is C14H20N2O3S. The van der Waals surface area contributed by atoms with Crippen molar-refractivity contribution in [1.82, 2.24) is 9.88 Å². The Labute approximate surface area is 122 Å². The lowest BCUT2D eigenvalue weighted by molar-refractivity contribution is -0.133. The molecular weight excluding hydrogens is 276 g/mol. The molecule has 5 nitrogen and oxygen atoms in total. The molecule has 0 unspecified atom stereocenters. The fourth-order valence-electron chi connectivity index (χ4n) is 2.00. The summed E-state index contributed by atoms with van der Waals surface area (Å²) in [5.74, 6) is 0.0990. The van der Waals surface area contributed by atoms with Crippen LogP contribution >= 0.6 is 11.3 Å². The first-order valence-corrected chi connectivity index (χ1v) is 7.71. The second kappa shape index (κ2) is 6.35. The number of nitrogens with zero attached hydrogens (tertiary/aromatic N) is 2. The quantitative estimate of drug-likeness (QED) is 0.757. The van der Waals surface area contributed by atoms with Crippen LogP contribution in [-0.4, -0.2) is 34.9 Å². The van der Waals surface area contributed by atoms with Gasteiger partial charge in [0.25, 0.3) is 0 Å². The van der Waals surface area contributed by atoms with Gasteiger partial charge in [0.15, 0.2) is 5.69 Å². The van der Waals surface area contributed by atoms with E-state index in [2.05, 4.69) is 9.72 Å². The Kier molecular flexibility index (Phi) is 4.75. The number of aromatic nitrogens is 1. The summed E-state index contributed by atoms with van der Waals surface area (Å²) >= 11 is 1.40. The van der Waals surface area contributed by atoms with Crippen LogP contribution in [0.25, 0.3) is 0 Å². The van der Waals surface area contributed by atoms with E-state index in [0.29, 0.717) is 30.6 Å². The topological polar surface area (TPSA) is 59.5 Å². The van der Waals surface area contributed by atoms with E-state index in [1.54, 1.807) is 5.38 Å². The molecule has 1 heterocycles. The maximum Gasteiger partial charge on any atom is 0.357 e. The molecule has 6 heteroatoms. The minimum atomic E-state index is -0.432. The highest BCUT2D eigenvalue weighted by Gasteiger charge is 2.33. The summed E-state index contributed by atoms with van der Waals surface area (Å²) in [5.41, 5.74) is 0.319. The number of carbonyl (C=O) groups is 2. The summed E-state index contributed by atoms with van der Waals surface area (Å²) in [4.78, 5) is 29.8. The predicted octanol–water partition coefficient (Wildman–Crippen LogP) is 2.47. The maximum atomic E-state index is 12.2. The number of hydrogen-bond donors (Lipinski definition) is 0. The number of methoxy groups -OCH3 is 1. The molecule has 0 saturated heterocycles. The number of carbonyl (C=O) groups excluding carboxylic acids is 2. The van der Waals surface area contributed by atoms with E-state index in [-0.39, 0.29) is 5.91 Å². The molecule has 0 aliphatic heterocycles. The molecule has 1 aromatic rings. The number of ether oxygens (including phenoxy) is 1. The molecule has 0 aromatic carbocycles. The summed E-state index contributed by atoms with van der Waals surface area (Å²) in [5, 5.41) is 2.47. The zero-order chi connectivity index (χ0) is 14.7. The van der Waals surface area contributed by atoms with Crippen LogP contribution in [0.4, 0.5) is 0 Å². The van der Waals surface area contributed by atoms with Crippen LogP contribution in [0.1, 0.15) is 48.6 Å². The highest BCUT2D eigenvalue weighted by atomic mass is 32.1. The van der Waals surface area contributed by atoms with Gasteiger partial charge < -0.3 is 9.64 Å². The predicted molar refractivity (Wildman–Crippen MR) is 76.5 cm³/mol. The number of thiazole rings is 1. The van der Waals surface area contributed by atoms with E-state index in [1.807, 2.05) is 18.7 Å². The van der Waals surface area contributed by atoms with Gasteiger partial charge in [0.2, 0.25) is 5.91 Å². The third-order valence-corrected chi connectivity index (χ3v) is 3.98. The molecule has 0 bridgehead atoms. The zero-order valence-electron chi connectivity index (χ0n) is 12.1. The van der Waals surface area contributed by atoms with Crippen molar-refractivity contribution in [2.45, 2.75) is 45.7 Å². The zero-order valence-corrected chi connectivity index (χ0v) is 12.9. The van der Waals surface area contributed by atoms with Crippen molar-refractivity contribution in [3.8, 4) is 0 Å². The summed E-state index contributed by atoms with van der Waals surface area (Å²) in [7, 11) is 1.34. The molecule has 1 aliphatic carbocycles. The van der Waals surface area contributed by atoms with Crippen molar-refractivity contribution in [3.63, 3.8) is 0 Å². The average Bonchev–Trinajstić information content (AvgIpc) is 3.12. The fourth-order valence-corrected chi connectivity index (χ4v) is 2.76. The molecule has 1 aliphatic rings. The van der Waals surface area contributed by atoms with Gasteiger partial charge in [0.1, 0.15) is 5.01 Å².